The van der Waals surface area contributed by atoms with Crippen LogP contribution in [-0.2, 0) is 4.74 Å². The maximum absolute atomic E-state index is 13.2. The molecule has 20 heavy (non-hydrogen) atoms. The fourth-order valence-electron chi connectivity index (χ4n) is 2.80. The van der Waals surface area contributed by atoms with E-state index in [1.54, 1.807) is 11.0 Å². The number of nitrogens with one attached hydrogen (secondary N) is 1. The van der Waals surface area contributed by atoms with Crippen LogP contribution in [0.25, 0.3) is 10.9 Å². The molecule has 0 unspecified atom stereocenters. The zero-order chi connectivity index (χ0) is 14.1. The quantitative estimate of drug-likeness (QED) is 0.871. The number of ether oxygens (including phenoxy) is 1. The molecule has 1 amide bonds. The van der Waals surface area contributed by atoms with E-state index in [4.69, 9.17) is 4.74 Å². The van der Waals surface area contributed by atoms with Crippen molar-refractivity contribution in [1.82, 2.24) is 15.1 Å². The molecule has 0 aliphatic carbocycles. The van der Waals surface area contributed by atoms with E-state index >= 15 is 0 Å². The average Bonchev–Trinajstić information content (AvgIpc) is 2.89. The van der Waals surface area contributed by atoms with E-state index in [2.05, 4.69) is 10.2 Å². The molecule has 0 radical (unpaired) electrons. The Morgan fingerprint density at radius 1 is 1.45 bits per heavy atom. The zero-order valence-electron chi connectivity index (χ0n) is 11.2. The molecule has 5 nitrogen and oxygen atoms in total. The number of halogens is 1. The summed E-state index contributed by atoms with van der Waals surface area (Å²) in [5.41, 5.74) is 1.68. The SMILES string of the molecule is COC(=O)N1CCC(c2[nH]nc3cc(F)ccc23)CC1. The number of carbonyl (C=O) groups excluding carboxylic acids is 1. The lowest BCUT2D eigenvalue weighted by Gasteiger charge is -2.30. The number of aromatic amines is 1. The summed E-state index contributed by atoms with van der Waals surface area (Å²) < 4.78 is 17.9. The first-order valence-electron chi connectivity index (χ1n) is 6.65. The Hall–Kier alpha value is -2.11. The van der Waals surface area contributed by atoms with Crippen LogP contribution in [0.1, 0.15) is 24.5 Å². The Labute approximate surface area is 115 Å². The summed E-state index contributed by atoms with van der Waals surface area (Å²) in [6.45, 7) is 1.33. The van der Waals surface area contributed by atoms with Gasteiger partial charge in [-0.2, -0.15) is 5.10 Å². The van der Waals surface area contributed by atoms with Crippen LogP contribution in [0, 0.1) is 5.82 Å². The van der Waals surface area contributed by atoms with Crippen LogP contribution in [0.3, 0.4) is 0 Å². The molecular formula is C14H16FN3O2. The van der Waals surface area contributed by atoms with Crippen LogP contribution in [0.2, 0.25) is 0 Å². The van der Waals surface area contributed by atoms with Gasteiger partial charge in [0.05, 0.1) is 12.6 Å². The monoisotopic (exact) mass is 277 g/mol. The second-order valence-electron chi connectivity index (χ2n) is 5.03. The van der Waals surface area contributed by atoms with Crippen molar-refractivity contribution in [3.05, 3.63) is 29.7 Å². The largest absolute Gasteiger partial charge is 0.453 e. The van der Waals surface area contributed by atoms with Gasteiger partial charge in [-0.1, -0.05) is 0 Å². The number of H-pyrrole nitrogens is 1. The molecule has 0 bridgehead atoms. The number of benzene rings is 1. The minimum atomic E-state index is -0.281. The summed E-state index contributed by atoms with van der Waals surface area (Å²) in [5, 5.41) is 8.13. The van der Waals surface area contributed by atoms with Gasteiger partial charge in [-0.15, -0.1) is 0 Å². The molecule has 1 aromatic carbocycles. The molecule has 2 aromatic rings. The lowest BCUT2D eigenvalue weighted by atomic mass is 9.92. The van der Waals surface area contributed by atoms with Crippen molar-refractivity contribution in [1.29, 1.82) is 0 Å². The number of methoxy groups -OCH3 is 1. The maximum atomic E-state index is 13.2. The first-order valence-corrected chi connectivity index (χ1v) is 6.65. The van der Waals surface area contributed by atoms with Crippen molar-refractivity contribution in [2.75, 3.05) is 20.2 Å². The number of carbonyl (C=O) groups is 1. The van der Waals surface area contributed by atoms with E-state index in [-0.39, 0.29) is 11.9 Å². The third-order valence-corrected chi connectivity index (χ3v) is 3.88. The first-order chi connectivity index (χ1) is 9.69. The van der Waals surface area contributed by atoms with Gasteiger partial charge in [-0.05, 0) is 25.0 Å². The molecule has 3 rings (SSSR count). The predicted octanol–water partition coefficient (Wildman–Crippen LogP) is 2.65. The van der Waals surface area contributed by atoms with Crippen LogP contribution in [0.5, 0.6) is 0 Å². The van der Waals surface area contributed by atoms with Gasteiger partial charge >= 0.3 is 6.09 Å². The standard InChI is InChI=1S/C14H16FN3O2/c1-20-14(19)18-6-4-9(5-7-18)13-11-3-2-10(15)8-12(11)16-17-13/h2-3,8-9H,4-7H2,1H3,(H,16,17). The highest BCUT2D eigenvalue weighted by molar-refractivity contribution is 5.81. The Morgan fingerprint density at radius 3 is 2.90 bits per heavy atom. The number of piperidine rings is 1. The van der Waals surface area contributed by atoms with E-state index in [1.807, 2.05) is 0 Å². The van der Waals surface area contributed by atoms with Gasteiger partial charge in [0.2, 0.25) is 0 Å². The van der Waals surface area contributed by atoms with Gasteiger partial charge in [0.15, 0.2) is 0 Å². The molecule has 0 saturated carbocycles. The lowest BCUT2D eigenvalue weighted by molar-refractivity contribution is 0.112. The van der Waals surface area contributed by atoms with E-state index < -0.39 is 0 Å². The highest BCUT2D eigenvalue weighted by atomic mass is 19.1. The smallest absolute Gasteiger partial charge is 0.409 e. The van der Waals surface area contributed by atoms with Crippen molar-refractivity contribution in [3.63, 3.8) is 0 Å². The minimum absolute atomic E-state index is 0.278. The van der Waals surface area contributed by atoms with E-state index in [0.29, 0.717) is 24.5 Å². The predicted molar refractivity (Wildman–Crippen MR) is 72.0 cm³/mol. The van der Waals surface area contributed by atoms with Gasteiger partial charge in [-0.25, -0.2) is 9.18 Å². The van der Waals surface area contributed by atoms with Gasteiger partial charge in [-0.3, -0.25) is 5.10 Å². The molecule has 1 aliphatic rings. The Balaban J connectivity index is 1.78. The van der Waals surface area contributed by atoms with Gasteiger partial charge in [0, 0.05) is 36.2 Å². The number of hydrogen-bond donors (Lipinski definition) is 1. The Bertz CT molecular complexity index is 632. The topological polar surface area (TPSA) is 58.2 Å². The molecule has 1 aliphatic heterocycles. The summed E-state index contributed by atoms with van der Waals surface area (Å²) in [4.78, 5) is 13.2. The Kier molecular flexibility index (Phi) is 3.30. The molecule has 2 heterocycles. The van der Waals surface area contributed by atoms with Crippen molar-refractivity contribution in [3.8, 4) is 0 Å². The number of rotatable bonds is 1. The number of nitrogens with zero attached hydrogens (tertiary/aromatic N) is 2. The van der Waals surface area contributed by atoms with Crippen molar-refractivity contribution < 1.29 is 13.9 Å². The lowest BCUT2D eigenvalue weighted by Crippen LogP contribution is -2.37. The van der Waals surface area contributed by atoms with Crippen molar-refractivity contribution in [2.45, 2.75) is 18.8 Å². The fourth-order valence-corrected chi connectivity index (χ4v) is 2.80. The molecule has 1 saturated heterocycles. The molecule has 1 aromatic heterocycles. The molecule has 1 fully saturated rings. The fraction of sp³-hybridized carbons (Fsp3) is 0.429. The number of amides is 1. The summed E-state index contributed by atoms with van der Waals surface area (Å²) in [6, 6.07) is 4.64. The second-order valence-corrected chi connectivity index (χ2v) is 5.03. The maximum Gasteiger partial charge on any atom is 0.409 e. The molecule has 0 atom stereocenters. The van der Waals surface area contributed by atoms with E-state index in [0.717, 1.165) is 23.9 Å². The molecular weight excluding hydrogens is 261 g/mol. The molecule has 6 heteroatoms. The van der Waals surface area contributed by atoms with E-state index in [9.17, 15) is 9.18 Å². The first kappa shape index (κ1) is 12.9. The summed E-state index contributed by atoms with van der Waals surface area (Å²) in [7, 11) is 1.39. The van der Waals surface area contributed by atoms with Crippen LogP contribution >= 0.6 is 0 Å². The molecule has 106 valence electrons. The second kappa shape index (κ2) is 5.11. The summed E-state index contributed by atoms with van der Waals surface area (Å²) in [6.07, 6.45) is 1.42. The van der Waals surface area contributed by atoms with Crippen molar-refractivity contribution >= 4 is 17.0 Å². The Morgan fingerprint density at radius 2 is 2.20 bits per heavy atom. The van der Waals surface area contributed by atoms with Crippen LogP contribution < -0.4 is 0 Å². The number of hydrogen-bond acceptors (Lipinski definition) is 3. The molecule has 0 spiro atoms. The highest BCUT2D eigenvalue weighted by Crippen LogP contribution is 2.31. The number of aromatic nitrogens is 2. The number of fused-ring (bicyclic) bond motifs is 1. The zero-order valence-corrected chi connectivity index (χ0v) is 11.2. The van der Waals surface area contributed by atoms with Crippen LogP contribution in [0.4, 0.5) is 9.18 Å². The third kappa shape index (κ3) is 2.21. The van der Waals surface area contributed by atoms with Crippen molar-refractivity contribution in [2.24, 2.45) is 0 Å². The normalized spacial score (nSPS) is 16.6. The molecule has 1 N–H and O–H groups in total. The van der Waals surface area contributed by atoms with Crippen LogP contribution in [0.15, 0.2) is 18.2 Å². The van der Waals surface area contributed by atoms with Gasteiger partial charge in [0.1, 0.15) is 5.82 Å². The number of likely N-dealkylation sites (tertiary alicyclic amines) is 1. The minimum Gasteiger partial charge on any atom is -0.453 e. The average molecular weight is 277 g/mol. The summed E-state index contributed by atoms with van der Waals surface area (Å²) >= 11 is 0. The highest BCUT2D eigenvalue weighted by Gasteiger charge is 2.26. The van der Waals surface area contributed by atoms with Gasteiger partial charge in [0.25, 0.3) is 0 Å². The summed E-state index contributed by atoms with van der Waals surface area (Å²) in [5.74, 6) is 0.0300. The van der Waals surface area contributed by atoms with Gasteiger partial charge < -0.3 is 9.64 Å². The van der Waals surface area contributed by atoms with E-state index in [1.165, 1.54) is 19.2 Å². The van der Waals surface area contributed by atoms with Crippen LogP contribution in [-0.4, -0.2) is 41.4 Å². The third-order valence-electron chi connectivity index (χ3n) is 3.88.